The third-order valence-electron chi connectivity index (χ3n) is 10.4. The number of phosphoric ester groups is 1. The Morgan fingerprint density at radius 1 is 0.984 bits per heavy atom. The van der Waals surface area contributed by atoms with Crippen molar-refractivity contribution >= 4 is 31.6 Å². The molecule has 0 saturated carbocycles. The van der Waals surface area contributed by atoms with Gasteiger partial charge in [0, 0.05) is 24.6 Å². The number of amidine groups is 1. The van der Waals surface area contributed by atoms with Crippen LogP contribution in [0.4, 0.5) is 0 Å². The van der Waals surface area contributed by atoms with Crippen molar-refractivity contribution in [2.45, 2.75) is 134 Å². The highest BCUT2D eigenvalue weighted by Gasteiger charge is 2.65. The number of para-hydroxylation sites is 1. The number of nitriles is 2. The lowest BCUT2D eigenvalue weighted by atomic mass is 9.96. The predicted molar refractivity (Wildman–Crippen MR) is 233 cm³/mol. The molecule has 4 N–H and O–H groups in total. The number of halogens is 1. The molecule has 2 aliphatic heterocycles. The van der Waals surface area contributed by atoms with E-state index in [1.54, 1.807) is 56.3 Å². The lowest BCUT2D eigenvalue weighted by Crippen LogP contribution is -2.46. The van der Waals surface area contributed by atoms with Gasteiger partial charge in [-0.05, 0) is 50.6 Å². The molecular weight excluding hydrogens is 837 g/mol. The zero-order chi connectivity index (χ0) is 44.4. The Bertz CT molecular complexity index is 2040. The van der Waals surface area contributed by atoms with Gasteiger partial charge in [0.25, 0.3) is 0 Å². The summed E-state index contributed by atoms with van der Waals surface area (Å²) in [5.41, 5.74) is 5.38. The van der Waals surface area contributed by atoms with E-state index < -0.39 is 50.2 Å². The van der Waals surface area contributed by atoms with E-state index in [9.17, 15) is 15.1 Å². The average Bonchev–Trinajstić information content (AvgIpc) is 3.96. The molecule has 0 amide bonds. The Morgan fingerprint density at radius 2 is 1.69 bits per heavy atom. The summed E-state index contributed by atoms with van der Waals surface area (Å²) in [4.78, 5) is 11.2. The summed E-state index contributed by atoms with van der Waals surface area (Å²) < 4.78 is 63.6. The standard InChI is InChI=1S/C44H59ClN7O9P/c1-4-5-6-7-8-9-10-11-12-13-14-17-24-54-27-33(57-38-23-20-32(25-46)26-50-38)28-55-62(53,61-37-19-16-15-18-34(37)45)56-30-44(29-47)41-40(58-43(2,3)60-41)39(59-44)35-21-22-36(52-35)42(49)51-31-48/h15-16,18-23,26,31,33,39-41,52H,4-14,17,24,27-28,30H2,1-3H3,(H3,48,49,51)/t33-,39+,40+,41+,44-,62?/m1/s1. The van der Waals surface area contributed by atoms with Crippen LogP contribution in [0.2, 0.25) is 5.02 Å². The van der Waals surface area contributed by atoms with Crippen molar-refractivity contribution in [1.29, 1.82) is 15.9 Å². The molecule has 0 radical (unpaired) electrons. The number of H-pyrrole nitrogens is 1. The maximum absolute atomic E-state index is 14.7. The quantitative estimate of drug-likeness (QED) is 0.0267. The fourth-order valence-electron chi connectivity index (χ4n) is 7.22. The molecular formula is C44H59ClN7O9P. The molecule has 2 aliphatic rings. The molecule has 62 heavy (non-hydrogen) atoms. The number of hydrogen-bond acceptors (Lipinski definition) is 13. The van der Waals surface area contributed by atoms with Gasteiger partial charge in [-0.25, -0.2) is 14.5 Å². The fourth-order valence-corrected chi connectivity index (χ4v) is 8.73. The number of benzene rings is 1. The maximum Gasteiger partial charge on any atom is 0.530 e. The lowest BCUT2D eigenvalue weighted by molar-refractivity contribution is -0.204. The van der Waals surface area contributed by atoms with Gasteiger partial charge in [-0.3, -0.25) is 14.5 Å². The van der Waals surface area contributed by atoms with Crippen LogP contribution in [0.15, 0.2) is 59.7 Å². The van der Waals surface area contributed by atoms with E-state index in [-0.39, 0.29) is 35.7 Å². The zero-order valence-corrected chi connectivity index (χ0v) is 37.4. The number of hydrogen-bond donors (Lipinski definition) is 3. The van der Waals surface area contributed by atoms with E-state index in [2.05, 4.69) is 28.0 Å². The molecule has 1 aromatic carbocycles. The van der Waals surface area contributed by atoms with E-state index in [4.69, 9.17) is 60.0 Å². The van der Waals surface area contributed by atoms with E-state index in [0.29, 0.717) is 23.6 Å². The molecule has 0 aliphatic carbocycles. The van der Waals surface area contributed by atoms with Crippen molar-refractivity contribution in [2.24, 2.45) is 10.7 Å². The normalized spacial score (nSPS) is 22.0. The predicted octanol–water partition coefficient (Wildman–Crippen LogP) is 9.49. The zero-order valence-electron chi connectivity index (χ0n) is 35.8. The minimum atomic E-state index is -4.67. The molecule has 2 saturated heterocycles. The topological polar surface area (TPSA) is 229 Å². The van der Waals surface area contributed by atoms with Crippen LogP contribution in [0, 0.1) is 28.1 Å². The van der Waals surface area contributed by atoms with Crippen LogP contribution in [0.3, 0.4) is 0 Å². The molecule has 18 heteroatoms. The molecule has 4 heterocycles. The molecule has 2 fully saturated rings. The first kappa shape index (κ1) is 48.7. The van der Waals surface area contributed by atoms with Gasteiger partial charge in [-0.15, -0.1) is 0 Å². The second kappa shape index (κ2) is 23.9. The number of nitrogens with two attached hydrogens (primary N) is 1. The summed E-state index contributed by atoms with van der Waals surface area (Å²) in [6, 6.07) is 17.0. The highest BCUT2D eigenvalue weighted by molar-refractivity contribution is 7.49. The van der Waals surface area contributed by atoms with Gasteiger partial charge in [0.1, 0.15) is 61.1 Å². The van der Waals surface area contributed by atoms with E-state index >= 15 is 0 Å². The van der Waals surface area contributed by atoms with Crippen molar-refractivity contribution in [1.82, 2.24) is 9.97 Å². The summed E-state index contributed by atoms with van der Waals surface area (Å²) in [5.74, 6) is -0.859. The Kier molecular flexibility index (Phi) is 18.8. The van der Waals surface area contributed by atoms with Crippen molar-refractivity contribution < 1.29 is 41.8 Å². The number of ether oxygens (including phenoxy) is 5. The maximum atomic E-state index is 14.7. The van der Waals surface area contributed by atoms with Gasteiger partial charge in [0.2, 0.25) is 11.5 Å². The Labute approximate surface area is 369 Å². The van der Waals surface area contributed by atoms with Gasteiger partial charge >= 0.3 is 7.82 Å². The number of nitrogens with zero attached hydrogens (tertiary/aromatic N) is 4. The first-order valence-electron chi connectivity index (χ1n) is 21.3. The van der Waals surface area contributed by atoms with Gasteiger partial charge < -0.3 is 38.9 Å². The average molecular weight is 896 g/mol. The molecule has 5 rings (SSSR count). The van der Waals surface area contributed by atoms with Crippen LogP contribution >= 0.6 is 19.4 Å². The highest BCUT2D eigenvalue weighted by Crippen LogP contribution is 2.55. The van der Waals surface area contributed by atoms with Gasteiger partial charge in [-0.2, -0.15) is 10.5 Å². The fraction of sp³-hybridized carbons (Fsp3) is 0.568. The van der Waals surface area contributed by atoms with E-state index in [1.165, 1.54) is 70.1 Å². The van der Waals surface area contributed by atoms with E-state index in [1.807, 2.05) is 6.07 Å². The summed E-state index contributed by atoms with van der Waals surface area (Å²) in [5, 5.41) is 27.4. The smallest absolute Gasteiger partial charge is 0.469 e. The van der Waals surface area contributed by atoms with Crippen molar-refractivity contribution in [3.8, 4) is 23.8 Å². The van der Waals surface area contributed by atoms with Gasteiger partial charge in [0.05, 0.1) is 29.5 Å². The molecule has 1 unspecified atom stereocenters. The summed E-state index contributed by atoms with van der Waals surface area (Å²) >= 11 is 6.44. The van der Waals surface area contributed by atoms with Crippen LogP contribution in [0.25, 0.3) is 0 Å². The van der Waals surface area contributed by atoms with Gasteiger partial charge in [-0.1, -0.05) is 101 Å². The largest absolute Gasteiger partial charge is 0.530 e. The first-order valence-corrected chi connectivity index (χ1v) is 23.2. The summed E-state index contributed by atoms with van der Waals surface area (Å²) in [7, 11) is -4.67. The van der Waals surface area contributed by atoms with Crippen LogP contribution in [0.5, 0.6) is 11.6 Å². The minimum Gasteiger partial charge on any atom is -0.469 e. The third kappa shape index (κ3) is 14.1. The van der Waals surface area contributed by atoms with Gasteiger partial charge in [0.15, 0.2) is 5.79 Å². The number of aromatic nitrogens is 2. The monoisotopic (exact) mass is 895 g/mol. The molecule has 2 aromatic heterocycles. The molecule has 0 bridgehead atoms. The number of fused-ring (bicyclic) bond motifs is 1. The Morgan fingerprint density at radius 3 is 2.34 bits per heavy atom. The number of aromatic amines is 1. The molecule has 6 atom stereocenters. The summed E-state index contributed by atoms with van der Waals surface area (Å²) in [6.07, 6.45) is 13.2. The number of aliphatic imine (C=N–C) groups is 1. The Hall–Kier alpha value is -4.35. The number of pyridine rings is 1. The molecule has 3 aromatic rings. The van der Waals surface area contributed by atoms with Crippen LogP contribution in [-0.4, -0.2) is 78.3 Å². The van der Waals surface area contributed by atoms with E-state index in [0.717, 1.165) is 25.6 Å². The van der Waals surface area contributed by atoms with Crippen LogP contribution in [-0.2, 0) is 32.6 Å². The second-order valence-corrected chi connectivity index (χ2v) is 17.8. The van der Waals surface area contributed by atoms with Crippen LogP contribution < -0.4 is 15.0 Å². The van der Waals surface area contributed by atoms with Crippen molar-refractivity contribution in [3.05, 3.63) is 76.7 Å². The molecule has 336 valence electrons. The first-order chi connectivity index (χ1) is 29.9. The van der Waals surface area contributed by atoms with Crippen LogP contribution in [0.1, 0.15) is 121 Å². The summed E-state index contributed by atoms with van der Waals surface area (Å²) in [6.45, 7) is 5.14. The lowest BCUT2D eigenvalue weighted by Gasteiger charge is -2.30. The third-order valence-corrected chi connectivity index (χ3v) is 12.1. The van der Waals surface area contributed by atoms with Crippen molar-refractivity contribution in [3.63, 3.8) is 0 Å². The number of phosphoric acid groups is 1. The highest BCUT2D eigenvalue weighted by atomic mass is 35.5. The molecule has 16 nitrogen and oxygen atoms in total. The SMILES string of the molecule is CCCCCCCCCCCCCCOC[C@H](COP(=O)(OC[C@@]1(C#N)O[C@@H](c2ccc(C(N)=NC=N)[nH]2)[C@@H]2OC(C)(C)O[C@@H]21)Oc1ccccc1Cl)Oc1ccc(C#N)cn1. The Balaban J connectivity index is 1.26. The number of nitrogens with one attached hydrogen (secondary N) is 2. The van der Waals surface area contributed by atoms with Crippen molar-refractivity contribution in [2.75, 3.05) is 26.4 Å². The minimum absolute atomic E-state index is 0.00530. The number of rotatable bonds is 28. The number of unbranched alkanes of at least 4 members (excludes halogenated alkanes) is 11. The molecule has 0 spiro atoms. The second-order valence-electron chi connectivity index (χ2n) is 15.8.